The molecule has 0 aliphatic heterocycles. The number of benzene rings is 1. The van der Waals surface area contributed by atoms with Crippen LogP contribution in [0.3, 0.4) is 0 Å². The molecule has 110 valence electrons. The molecule has 0 aliphatic rings. The summed E-state index contributed by atoms with van der Waals surface area (Å²) in [5, 5.41) is 18.2. The number of nitrogens with zero attached hydrogens (tertiary/aromatic N) is 3. The van der Waals surface area contributed by atoms with Crippen LogP contribution in [0.15, 0.2) is 24.4 Å². The van der Waals surface area contributed by atoms with E-state index in [1.807, 2.05) is 0 Å². The van der Waals surface area contributed by atoms with Crippen LogP contribution in [0.25, 0.3) is 0 Å². The Hall–Kier alpha value is -2.97. The molecule has 1 heterocycles. The van der Waals surface area contributed by atoms with Crippen molar-refractivity contribution >= 4 is 17.6 Å². The summed E-state index contributed by atoms with van der Waals surface area (Å²) in [5.74, 6) is -2.07. The van der Waals surface area contributed by atoms with E-state index < -0.39 is 24.2 Å². The number of amides is 1. The second-order valence-electron chi connectivity index (χ2n) is 3.99. The van der Waals surface area contributed by atoms with E-state index >= 15 is 0 Å². The lowest BCUT2D eigenvalue weighted by atomic mass is 10.2. The standard InChI is InChI=1S/C12H11FN4O4/c1-21-10-4-7(13)2-3-8(10)14-12(20)9-5-17(16-15-9)6-11(18)19/h2-5H,6H2,1H3,(H,14,20)(H,18,19). The topological polar surface area (TPSA) is 106 Å². The number of carbonyl (C=O) groups is 2. The molecule has 1 aromatic carbocycles. The number of methoxy groups -OCH3 is 1. The van der Waals surface area contributed by atoms with Gasteiger partial charge in [-0.05, 0) is 12.1 Å². The third-order valence-corrected chi connectivity index (χ3v) is 2.48. The van der Waals surface area contributed by atoms with Crippen molar-refractivity contribution in [2.75, 3.05) is 12.4 Å². The summed E-state index contributed by atoms with van der Waals surface area (Å²) in [6.45, 7) is -0.403. The van der Waals surface area contributed by atoms with Gasteiger partial charge in [0.15, 0.2) is 5.69 Å². The Kier molecular flexibility index (Phi) is 4.12. The van der Waals surface area contributed by atoms with Crippen molar-refractivity contribution in [1.82, 2.24) is 15.0 Å². The fourth-order valence-electron chi connectivity index (χ4n) is 1.57. The maximum absolute atomic E-state index is 13.0. The number of aliphatic carboxylic acids is 1. The number of hydrogen-bond donors (Lipinski definition) is 2. The number of carbonyl (C=O) groups excluding carboxylic acids is 1. The Morgan fingerprint density at radius 2 is 2.24 bits per heavy atom. The van der Waals surface area contributed by atoms with Crippen molar-refractivity contribution in [1.29, 1.82) is 0 Å². The number of ether oxygens (including phenoxy) is 1. The first-order chi connectivity index (χ1) is 9.99. The summed E-state index contributed by atoms with van der Waals surface area (Å²) in [5.41, 5.74) is 0.194. The number of carboxylic acid groups (broad SMARTS) is 1. The Labute approximate surface area is 118 Å². The minimum atomic E-state index is -1.10. The normalized spacial score (nSPS) is 10.2. The number of aromatic nitrogens is 3. The number of rotatable bonds is 5. The second-order valence-corrected chi connectivity index (χ2v) is 3.99. The molecule has 0 saturated carbocycles. The van der Waals surface area contributed by atoms with Crippen LogP contribution in [0.4, 0.5) is 10.1 Å². The highest BCUT2D eigenvalue weighted by Gasteiger charge is 2.14. The zero-order valence-corrected chi connectivity index (χ0v) is 10.9. The molecule has 2 N–H and O–H groups in total. The Balaban J connectivity index is 2.14. The molecular weight excluding hydrogens is 283 g/mol. The van der Waals surface area contributed by atoms with Gasteiger partial charge in [-0.25, -0.2) is 9.07 Å². The van der Waals surface area contributed by atoms with Gasteiger partial charge in [0.25, 0.3) is 5.91 Å². The lowest BCUT2D eigenvalue weighted by molar-refractivity contribution is -0.137. The molecule has 9 heteroatoms. The monoisotopic (exact) mass is 294 g/mol. The molecular formula is C12H11FN4O4. The van der Waals surface area contributed by atoms with Crippen LogP contribution in [0, 0.1) is 5.82 Å². The predicted molar refractivity (Wildman–Crippen MR) is 68.6 cm³/mol. The summed E-state index contributed by atoms with van der Waals surface area (Å²) in [6.07, 6.45) is 1.19. The van der Waals surface area contributed by atoms with E-state index in [-0.39, 0.29) is 17.1 Å². The van der Waals surface area contributed by atoms with Crippen molar-refractivity contribution in [2.24, 2.45) is 0 Å². The van der Waals surface area contributed by atoms with Crippen molar-refractivity contribution in [2.45, 2.75) is 6.54 Å². The molecule has 0 aliphatic carbocycles. The molecule has 1 aromatic heterocycles. The number of carboxylic acids is 1. The number of halogens is 1. The van der Waals surface area contributed by atoms with Gasteiger partial charge in [0.2, 0.25) is 0 Å². The fraction of sp³-hybridized carbons (Fsp3) is 0.167. The molecule has 1 amide bonds. The van der Waals surface area contributed by atoms with Gasteiger partial charge in [-0.2, -0.15) is 0 Å². The average Bonchev–Trinajstić information content (AvgIpc) is 2.88. The Bertz CT molecular complexity index is 686. The van der Waals surface area contributed by atoms with Crippen LogP contribution in [0.5, 0.6) is 5.75 Å². The van der Waals surface area contributed by atoms with E-state index in [1.54, 1.807) is 0 Å². The number of hydrogen-bond acceptors (Lipinski definition) is 5. The molecule has 2 aromatic rings. The van der Waals surface area contributed by atoms with Crippen molar-refractivity contribution in [3.8, 4) is 5.75 Å². The maximum atomic E-state index is 13.0. The highest BCUT2D eigenvalue weighted by atomic mass is 19.1. The van der Waals surface area contributed by atoms with E-state index in [1.165, 1.54) is 25.4 Å². The quantitative estimate of drug-likeness (QED) is 0.843. The summed E-state index contributed by atoms with van der Waals surface area (Å²) in [4.78, 5) is 22.5. The van der Waals surface area contributed by atoms with Gasteiger partial charge in [-0.3, -0.25) is 9.59 Å². The maximum Gasteiger partial charge on any atom is 0.325 e. The second kappa shape index (κ2) is 5.99. The molecule has 0 radical (unpaired) electrons. The van der Waals surface area contributed by atoms with Gasteiger partial charge >= 0.3 is 5.97 Å². The molecule has 8 nitrogen and oxygen atoms in total. The Morgan fingerprint density at radius 3 is 2.90 bits per heavy atom. The Morgan fingerprint density at radius 1 is 1.48 bits per heavy atom. The molecule has 0 atom stereocenters. The van der Waals surface area contributed by atoms with E-state index in [9.17, 15) is 14.0 Å². The van der Waals surface area contributed by atoms with E-state index in [4.69, 9.17) is 9.84 Å². The first-order valence-corrected chi connectivity index (χ1v) is 5.76. The van der Waals surface area contributed by atoms with Crippen molar-refractivity contribution in [3.63, 3.8) is 0 Å². The third kappa shape index (κ3) is 3.53. The van der Waals surface area contributed by atoms with Crippen LogP contribution in [-0.4, -0.2) is 39.1 Å². The third-order valence-electron chi connectivity index (χ3n) is 2.48. The van der Waals surface area contributed by atoms with Crippen LogP contribution in [-0.2, 0) is 11.3 Å². The molecule has 0 fully saturated rings. The summed E-state index contributed by atoms with van der Waals surface area (Å²) < 4.78 is 19.0. The molecule has 21 heavy (non-hydrogen) atoms. The largest absolute Gasteiger partial charge is 0.494 e. The summed E-state index contributed by atoms with van der Waals surface area (Å²) in [6, 6.07) is 3.63. The molecule has 0 spiro atoms. The van der Waals surface area contributed by atoms with Gasteiger partial charge in [-0.1, -0.05) is 5.21 Å². The van der Waals surface area contributed by atoms with Gasteiger partial charge < -0.3 is 15.2 Å². The summed E-state index contributed by atoms with van der Waals surface area (Å²) in [7, 11) is 1.34. The van der Waals surface area contributed by atoms with Crippen LogP contribution in [0.1, 0.15) is 10.5 Å². The fourth-order valence-corrected chi connectivity index (χ4v) is 1.57. The average molecular weight is 294 g/mol. The lowest BCUT2D eigenvalue weighted by Crippen LogP contribution is -2.13. The lowest BCUT2D eigenvalue weighted by Gasteiger charge is -2.08. The van der Waals surface area contributed by atoms with Crippen molar-refractivity contribution < 1.29 is 23.8 Å². The minimum absolute atomic E-state index is 0.0670. The first kappa shape index (κ1) is 14.4. The molecule has 2 rings (SSSR count). The van der Waals surface area contributed by atoms with E-state index in [0.29, 0.717) is 0 Å². The van der Waals surface area contributed by atoms with Gasteiger partial charge in [-0.15, -0.1) is 5.10 Å². The zero-order valence-electron chi connectivity index (χ0n) is 10.9. The zero-order chi connectivity index (χ0) is 15.4. The van der Waals surface area contributed by atoms with Gasteiger partial charge in [0.05, 0.1) is 19.0 Å². The van der Waals surface area contributed by atoms with Crippen molar-refractivity contribution in [3.05, 3.63) is 35.9 Å². The van der Waals surface area contributed by atoms with E-state index in [0.717, 1.165) is 10.7 Å². The highest BCUT2D eigenvalue weighted by molar-refractivity contribution is 6.03. The predicted octanol–water partition coefficient (Wildman–Crippen LogP) is 0.763. The number of anilines is 1. The first-order valence-electron chi connectivity index (χ1n) is 5.76. The molecule has 0 saturated heterocycles. The van der Waals surface area contributed by atoms with Crippen LogP contribution >= 0.6 is 0 Å². The highest BCUT2D eigenvalue weighted by Crippen LogP contribution is 2.25. The SMILES string of the molecule is COc1cc(F)ccc1NC(=O)c1cn(CC(=O)O)nn1. The van der Waals surface area contributed by atoms with Crippen LogP contribution in [0.2, 0.25) is 0 Å². The molecule has 0 unspecified atom stereocenters. The minimum Gasteiger partial charge on any atom is -0.494 e. The smallest absolute Gasteiger partial charge is 0.325 e. The summed E-state index contributed by atoms with van der Waals surface area (Å²) >= 11 is 0. The van der Waals surface area contributed by atoms with E-state index in [2.05, 4.69) is 15.6 Å². The number of nitrogens with one attached hydrogen (secondary N) is 1. The van der Waals surface area contributed by atoms with Gasteiger partial charge in [0, 0.05) is 6.07 Å². The molecule has 0 bridgehead atoms. The van der Waals surface area contributed by atoms with Gasteiger partial charge in [0.1, 0.15) is 18.1 Å². The van der Waals surface area contributed by atoms with Crippen LogP contribution < -0.4 is 10.1 Å².